The highest BCUT2D eigenvalue weighted by Gasteiger charge is 2.28. The van der Waals surface area contributed by atoms with Crippen molar-refractivity contribution in [2.24, 2.45) is 0 Å². The van der Waals surface area contributed by atoms with Gasteiger partial charge in [0.1, 0.15) is 12.7 Å². The number of ether oxygens (including phenoxy) is 1. The third-order valence-corrected chi connectivity index (χ3v) is 10.3. The van der Waals surface area contributed by atoms with Gasteiger partial charge in [-0.05, 0) is 77.0 Å². The molecule has 0 heterocycles. The fourth-order valence-corrected chi connectivity index (χ4v) is 6.58. The standard InChI is InChI=1S/C50H82NO10P/c1-3-5-7-9-11-13-15-17-19-21-22-23-24-26-28-30-32-34-36-38-40-42-49(54)59-43-46(52)44-60-62(57,58)61-45-47(50(55)56)51-48(53)41-39-37-35-33-31-29-27-25-20-18-16-14-12-10-8-6-4-2/h5,7,11,13,17-20,22-23,26,28,32,34,38,40,46-47,52H,3-4,6,8-10,12,14-16,21,24-25,27,29-31,33,35-37,39,41-45H2,1-2H3,(H,51,53)(H,55,56)(H,57,58)/b7-5-,13-11-,19-17-,20-18-,23-22-,28-26-,34-32-,40-38-. The molecule has 0 rings (SSSR count). The van der Waals surface area contributed by atoms with E-state index in [1.165, 1.54) is 57.8 Å². The van der Waals surface area contributed by atoms with Crippen molar-refractivity contribution >= 4 is 25.7 Å². The van der Waals surface area contributed by atoms with Crippen LogP contribution in [-0.4, -0.2) is 64.9 Å². The topological polar surface area (TPSA) is 169 Å². The number of aliphatic hydroxyl groups is 1. The zero-order valence-corrected chi connectivity index (χ0v) is 39.0. The second-order valence-electron chi connectivity index (χ2n) is 15.2. The van der Waals surface area contributed by atoms with Crippen LogP contribution in [0.5, 0.6) is 0 Å². The first-order chi connectivity index (χ1) is 30.1. The summed E-state index contributed by atoms with van der Waals surface area (Å²) < 4.78 is 26.8. The molecule has 0 radical (unpaired) electrons. The van der Waals surface area contributed by atoms with Gasteiger partial charge < -0.3 is 25.2 Å². The lowest BCUT2D eigenvalue weighted by Crippen LogP contribution is -2.43. The maximum absolute atomic E-state index is 12.3. The highest BCUT2D eigenvalue weighted by molar-refractivity contribution is 7.47. The molecule has 0 fully saturated rings. The molecule has 12 heteroatoms. The van der Waals surface area contributed by atoms with E-state index in [0.29, 0.717) is 12.8 Å². The number of rotatable bonds is 42. The minimum absolute atomic E-state index is 0.0161. The van der Waals surface area contributed by atoms with Gasteiger partial charge in [0.2, 0.25) is 5.91 Å². The lowest BCUT2D eigenvalue weighted by molar-refractivity contribution is -0.146. The first-order valence-corrected chi connectivity index (χ1v) is 24.8. The monoisotopic (exact) mass is 888 g/mol. The third-order valence-electron chi connectivity index (χ3n) is 9.39. The van der Waals surface area contributed by atoms with Crippen LogP contribution in [0.1, 0.15) is 168 Å². The fraction of sp³-hybridized carbons (Fsp3) is 0.620. The van der Waals surface area contributed by atoms with Gasteiger partial charge in [0.15, 0.2) is 6.04 Å². The van der Waals surface area contributed by atoms with Crippen molar-refractivity contribution in [3.63, 3.8) is 0 Å². The maximum atomic E-state index is 12.3. The average Bonchev–Trinajstić information content (AvgIpc) is 3.25. The van der Waals surface area contributed by atoms with Gasteiger partial charge in [-0.3, -0.25) is 18.6 Å². The maximum Gasteiger partial charge on any atom is 0.472 e. The predicted octanol–water partition coefficient (Wildman–Crippen LogP) is 12.4. The molecule has 0 saturated carbocycles. The largest absolute Gasteiger partial charge is 0.480 e. The van der Waals surface area contributed by atoms with Gasteiger partial charge in [-0.1, -0.05) is 175 Å². The van der Waals surface area contributed by atoms with Gasteiger partial charge in [-0.2, -0.15) is 0 Å². The van der Waals surface area contributed by atoms with E-state index >= 15 is 0 Å². The number of nitrogens with one attached hydrogen (secondary N) is 1. The lowest BCUT2D eigenvalue weighted by Gasteiger charge is -2.18. The Hall–Kier alpha value is -3.60. The molecule has 3 unspecified atom stereocenters. The summed E-state index contributed by atoms with van der Waals surface area (Å²) >= 11 is 0. The van der Waals surface area contributed by atoms with Crippen LogP contribution in [0.25, 0.3) is 0 Å². The Balaban J connectivity index is 4.02. The van der Waals surface area contributed by atoms with E-state index < -0.39 is 57.6 Å². The van der Waals surface area contributed by atoms with Crippen LogP contribution in [-0.2, 0) is 32.7 Å². The van der Waals surface area contributed by atoms with Gasteiger partial charge in [0, 0.05) is 6.42 Å². The first kappa shape index (κ1) is 58.4. The van der Waals surface area contributed by atoms with Crippen LogP contribution < -0.4 is 5.32 Å². The van der Waals surface area contributed by atoms with Crippen molar-refractivity contribution in [1.82, 2.24) is 5.32 Å². The summed E-state index contributed by atoms with van der Waals surface area (Å²) in [4.78, 5) is 45.9. The van der Waals surface area contributed by atoms with Gasteiger partial charge in [-0.15, -0.1) is 0 Å². The first-order valence-electron chi connectivity index (χ1n) is 23.3. The van der Waals surface area contributed by atoms with Crippen LogP contribution in [0.4, 0.5) is 0 Å². The Kier molecular flexibility index (Phi) is 41.5. The van der Waals surface area contributed by atoms with Crippen molar-refractivity contribution in [2.45, 2.75) is 180 Å². The quantitative estimate of drug-likeness (QED) is 0.0200. The van der Waals surface area contributed by atoms with Crippen LogP contribution in [0.3, 0.4) is 0 Å². The van der Waals surface area contributed by atoms with Gasteiger partial charge >= 0.3 is 19.8 Å². The van der Waals surface area contributed by atoms with Crippen LogP contribution >= 0.6 is 7.82 Å². The average molecular weight is 888 g/mol. The minimum Gasteiger partial charge on any atom is -0.480 e. The fourth-order valence-electron chi connectivity index (χ4n) is 5.81. The summed E-state index contributed by atoms with van der Waals surface area (Å²) in [5, 5.41) is 21.8. The molecule has 0 aromatic heterocycles. The highest BCUT2D eigenvalue weighted by Crippen LogP contribution is 2.43. The minimum atomic E-state index is -4.79. The lowest BCUT2D eigenvalue weighted by atomic mass is 10.1. The number of esters is 1. The molecule has 0 aromatic rings. The molecule has 0 spiro atoms. The molecule has 4 N–H and O–H groups in total. The molecule has 1 amide bonds. The number of carbonyl (C=O) groups is 3. The third kappa shape index (κ3) is 43.1. The normalized spacial score (nSPS) is 14.5. The summed E-state index contributed by atoms with van der Waals surface area (Å²) in [5.41, 5.74) is 0. The van der Waals surface area contributed by atoms with Crippen molar-refractivity contribution in [3.8, 4) is 0 Å². The molecule has 352 valence electrons. The number of amides is 1. The molecule has 0 aliphatic carbocycles. The smallest absolute Gasteiger partial charge is 0.472 e. The van der Waals surface area contributed by atoms with Crippen molar-refractivity contribution < 1.29 is 47.8 Å². The number of phosphoric acid groups is 1. The summed E-state index contributed by atoms with van der Waals surface area (Å²) in [5.74, 6) is -2.53. The summed E-state index contributed by atoms with van der Waals surface area (Å²) in [6.45, 7) is 2.36. The van der Waals surface area contributed by atoms with Gasteiger partial charge in [0.25, 0.3) is 0 Å². The number of phosphoric ester groups is 1. The number of carbonyl (C=O) groups excluding carboxylic acids is 2. The molecule has 0 aliphatic rings. The number of allylic oxidation sites excluding steroid dienone is 15. The van der Waals surface area contributed by atoms with Gasteiger partial charge in [-0.25, -0.2) is 9.36 Å². The molecular weight excluding hydrogens is 806 g/mol. The zero-order chi connectivity index (χ0) is 45.6. The van der Waals surface area contributed by atoms with E-state index in [1.54, 1.807) is 6.08 Å². The molecule has 0 bridgehead atoms. The molecule has 0 saturated heterocycles. The van der Waals surface area contributed by atoms with Crippen molar-refractivity contribution in [1.29, 1.82) is 0 Å². The van der Waals surface area contributed by atoms with E-state index in [1.807, 2.05) is 18.2 Å². The Labute approximate surface area is 374 Å². The van der Waals surface area contributed by atoms with E-state index in [-0.39, 0.29) is 12.8 Å². The SMILES string of the molecule is CC/C=C\C/C=C\C/C=C\C/C=C\C/C=C\C/C=C\C/C=C\CC(=O)OCC(O)COP(=O)(O)OCC(NC(=O)CCCCCCCCC/C=C\CCCCCCCC)C(=O)O. The highest BCUT2D eigenvalue weighted by atomic mass is 31.2. The Morgan fingerprint density at radius 3 is 1.44 bits per heavy atom. The molecule has 0 aromatic carbocycles. The Bertz CT molecular complexity index is 1410. The van der Waals surface area contributed by atoms with Crippen molar-refractivity contribution in [2.75, 3.05) is 19.8 Å². The van der Waals surface area contributed by atoms with E-state index in [2.05, 4.69) is 92.1 Å². The molecule has 11 nitrogen and oxygen atoms in total. The molecule has 62 heavy (non-hydrogen) atoms. The van der Waals surface area contributed by atoms with E-state index in [4.69, 9.17) is 13.8 Å². The van der Waals surface area contributed by atoms with Crippen molar-refractivity contribution in [3.05, 3.63) is 97.2 Å². The number of carboxylic acid groups (broad SMARTS) is 1. The summed E-state index contributed by atoms with van der Waals surface area (Å²) in [6.07, 6.45) is 56.0. The second-order valence-corrected chi connectivity index (χ2v) is 16.7. The number of aliphatic hydroxyl groups excluding tert-OH is 1. The van der Waals surface area contributed by atoms with E-state index in [0.717, 1.165) is 70.6 Å². The second kappa shape index (κ2) is 44.0. The van der Waals surface area contributed by atoms with Crippen LogP contribution in [0.2, 0.25) is 0 Å². The molecule has 0 aliphatic heterocycles. The summed E-state index contributed by atoms with van der Waals surface area (Å²) in [6, 6.07) is -1.57. The predicted molar refractivity (Wildman–Crippen MR) is 254 cm³/mol. The zero-order valence-electron chi connectivity index (χ0n) is 38.1. The van der Waals surface area contributed by atoms with Crippen LogP contribution in [0, 0.1) is 0 Å². The van der Waals surface area contributed by atoms with Gasteiger partial charge in [0.05, 0.1) is 19.6 Å². The summed E-state index contributed by atoms with van der Waals surface area (Å²) in [7, 11) is -4.79. The number of hydrogen-bond acceptors (Lipinski definition) is 8. The molecular formula is C50H82NO10P. The number of carboxylic acids is 1. The number of aliphatic carboxylic acids is 1. The van der Waals surface area contributed by atoms with Crippen LogP contribution in [0.15, 0.2) is 97.2 Å². The number of unbranched alkanes of at least 4 members (excludes halogenated alkanes) is 13. The number of hydrogen-bond donors (Lipinski definition) is 4. The Morgan fingerprint density at radius 1 is 0.548 bits per heavy atom. The molecule has 3 atom stereocenters. The van der Waals surface area contributed by atoms with E-state index in [9.17, 15) is 34.1 Å². The Morgan fingerprint density at radius 2 is 0.968 bits per heavy atom.